The Labute approximate surface area is 90.5 Å². The fraction of sp³-hybridized carbons (Fsp3) is 0.636. The molecule has 0 bridgehead atoms. The molecule has 0 aromatic carbocycles. The van der Waals surface area contributed by atoms with Crippen LogP contribution in [0.15, 0.2) is 16.8 Å². The van der Waals surface area contributed by atoms with Gasteiger partial charge in [0.1, 0.15) is 0 Å². The smallest absolute Gasteiger partial charge is 0.0214 e. The first-order chi connectivity index (χ1) is 6.74. The predicted molar refractivity (Wildman–Crippen MR) is 63.5 cm³/mol. The minimum atomic E-state index is 0.277. The Bertz CT molecular complexity index is 233. The summed E-state index contributed by atoms with van der Waals surface area (Å²) < 4.78 is 0. The molecule has 0 fully saturated rings. The Kier molecular flexibility index (Phi) is 5.15. The SMILES string of the molecule is CCC(C)C(N)CNCc1ccsc1. The summed E-state index contributed by atoms with van der Waals surface area (Å²) in [6.07, 6.45) is 1.15. The highest BCUT2D eigenvalue weighted by Gasteiger charge is 2.09. The zero-order chi connectivity index (χ0) is 10.4. The molecule has 1 heterocycles. The van der Waals surface area contributed by atoms with E-state index in [1.165, 1.54) is 5.56 Å². The van der Waals surface area contributed by atoms with Crippen LogP contribution in [-0.4, -0.2) is 12.6 Å². The molecule has 3 N–H and O–H groups in total. The largest absolute Gasteiger partial charge is 0.326 e. The van der Waals surface area contributed by atoms with Crippen molar-refractivity contribution in [1.29, 1.82) is 0 Å². The molecule has 14 heavy (non-hydrogen) atoms. The van der Waals surface area contributed by atoms with Crippen molar-refractivity contribution in [3.05, 3.63) is 22.4 Å². The van der Waals surface area contributed by atoms with Crippen LogP contribution in [0.2, 0.25) is 0 Å². The van der Waals surface area contributed by atoms with Crippen molar-refractivity contribution in [2.45, 2.75) is 32.9 Å². The summed E-state index contributed by atoms with van der Waals surface area (Å²) in [4.78, 5) is 0. The summed E-state index contributed by atoms with van der Waals surface area (Å²) in [6, 6.07) is 2.42. The molecule has 1 aromatic rings. The van der Waals surface area contributed by atoms with Gasteiger partial charge in [-0.3, -0.25) is 0 Å². The second-order valence-corrected chi connectivity index (χ2v) is 4.59. The van der Waals surface area contributed by atoms with Crippen LogP contribution >= 0.6 is 11.3 Å². The van der Waals surface area contributed by atoms with Crippen LogP contribution in [0.1, 0.15) is 25.8 Å². The van der Waals surface area contributed by atoms with Gasteiger partial charge in [0.25, 0.3) is 0 Å². The molecule has 2 atom stereocenters. The highest BCUT2D eigenvalue weighted by Crippen LogP contribution is 2.06. The number of hydrogen-bond acceptors (Lipinski definition) is 3. The number of rotatable bonds is 6. The molecule has 2 nitrogen and oxygen atoms in total. The molecule has 3 heteroatoms. The summed E-state index contributed by atoms with van der Waals surface area (Å²) in [6.45, 7) is 6.23. The molecule has 2 unspecified atom stereocenters. The average Bonchev–Trinajstić information content (AvgIpc) is 2.69. The second kappa shape index (κ2) is 6.17. The van der Waals surface area contributed by atoms with E-state index in [-0.39, 0.29) is 6.04 Å². The normalized spacial score (nSPS) is 15.4. The number of nitrogens with one attached hydrogen (secondary N) is 1. The quantitative estimate of drug-likeness (QED) is 0.759. The van der Waals surface area contributed by atoms with Gasteiger partial charge in [0.2, 0.25) is 0 Å². The summed E-state index contributed by atoms with van der Waals surface area (Å²) >= 11 is 1.74. The lowest BCUT2D eigenvalue weighted by atomic mass is 10.0. The summed E-state index contributed by atoms with van der Waals surface area (Å²) in [5.41, 5.74) is 7.36. The maximum Gasteiger partial charge on any atom is 0.0214 e. The molecule has 0 aliphatic heterocycles. The monoisotopic (exact) mass is 212 g/mol. The Hall–Kier alpha value is -0.380. The Balaban J connectivity index is 2.15. The lowest BCUT2D eigenvalue weighted by molar-refractivity contribution is 0.418. The third kappa shape index (κ3) is 3.78. The van der Waals surface area contributed by atoms with Crippen LogP contribution < -0.4 is 11.1 Å². The maximum atomic E-state index is 6.01. The van der Waals surface area contributed by atoms with Gasteiger partial charge in [-0.05, 0) is 28.3 Å². The summed E-state index contributed by atoms with van der Waals surface area (Å²) in [5, 5.41) is 7.66. The first-order valence-electron chi connectivity index (χ1n) is 5.21. The molecule has 0 aliphatic carbocycles. The van der Waals surface area contributed by atoms with Crippen LogP contribution in [0, 0.1) is 5.92 Å². The minimum absolute atomic E-state index is 0.277. The Morgan fingerprint density at radius 1 is 1.57 bits per heavy atom. The Morgan fingerprint density at radius 3 is 2.93 bits per heavy atom. The number of hydrogen-bond donors (Lipinski definition) is 2. The van der Waals surface area contributed by atoms with Crippen molar-refractivity contribution in [2.75, 3.05) is 6.54 Å². The molecule has 1 aromatic heterocycles. The third-order valence-corrected chi connectivity index (χ3v) is 3.40. The van der Waals surface area contributed by atoms with Gasteiger partial charge in [-0.2, -0.15) is 11.3 Å². The van der Waals surface area contributed by atoms with Gasteiger partial charge < -0.3 is 11.1 Å². The molecule has 0 saturated heterocycles. The van der Waals surface area contributed by atoms with E-state index < -0.39 is 0 Å². The van der Waals surface area contributed by atoms with E-state index in [2.05, 4.69) is 36.0 Å². The maximum absolute atomic E-state index is 6.01. The second-order valence-electron chi connectivity index (χ2n) is 3.81. The average molecular weight is 212 g/mol. The topological polar surface area (TPSA) is 38.0 Å². The first-order valence-corrected chi connectivity index (χ1v) is 6.15. The molecule has 1 rings (SSSR count). The zero-order valence-corrected chi connectivity index (χ0v) is 9.81. The van der Waals surface area contributed by atoms with E-state index in [4.69, 9.17) is 5.73 Å². The first kappa shape index (κ1) is 11.7. The summed E-state index contributed by atoms with van der Waals surface area (Å²) in [5.74, 6) is 0.602. The van der Waals surface area contributed by atoms with E-state index in [0.717, 1.165) is 19.5 Å². The van der Waals surface area contributed by atoms with Crippen LogP contribution in [0.3, 0.4) is 0 Å². The van der Waals surface area contributed by atoms with Crippen LogP contribution in [0.4, 0.5) is 0 Å². The minimum Gasteiger partial charge on any atom is -0.326 e. The molecule has 80 valence electrons. The fourth-order valence-corrected chi connectivity index (χ4v) is 1.95. The van der Waals surface area contributed by atoms with Gasteiger partial charge >= 0.3 is 0 Å². The van der Waals surface area contributed by atoms with Gasteiger partial charge in [-0.15, -0.1) is 0 Å². The van der Waals surface area contributed by atoms with Gasteiger partial charge in [-0.25, -0.2) is 0 Å². The lowest BCUT2D eigenvalue weighted by Gasteiger charge is -2.18. The molecule has 0 spiro atoms. The van der Waals surface area contributed by atoms with E-state index in [9.17, 15) is 0 Å². The molecule has 0 saturated carbocycles. The van der Waals surface area contributed by atoms with Crippen molar-refractivity contribution in [1.82, 2.24) is 5.32 Å². The van der Waals surface area contributed by atoms with Crippen LogP contribution in [-0.2, 0) is 6.54 Å². The Morgan fingerprint density at radius 2 is 2.36 bits per heavy atom. The van der Waals surface area contributed by atoms with Crippen molar-refractivity contribution in [3.63, 3.8) is 0 Å². The highest BCUT2D eigenvalue weighted by molar-refractivity contribution is 7.07. The van der Waals surface area contributed by atoms with E-state index in [1.807, 2.05) is 0 Å². The standard InChI is InChI=1S/C11H20N2S/c1-3-9(2)11(12)7-13-6-10-4-5-14-8-10/h4-5,8-9,11,13H,3,6-7,12H2,1-2H3. The van der Waals surface area contributed by atoms with Crippen LogP contribution in [0.25, 0.3) is 0 Å². The van der Waals surface area contributed by atoms with Crippen molar-refractivity contribution >= 4 is 11.3 Å². The van der Waals surface area contributed by atoms with E-state index >= 15 is 0 Å². The van der Waals surface area contributed by atoms with Crippen molar-refractivity contribution in [3.8, 4) is 0 Å². The molecular formula is C11H20N2S. The third-order valence-electron chi connectivity index (χ3n) is 2.66. The van der Waals surface area contributed by atoms with Crippen LogP contribution in [0.5, 0.6) is 0 Å². The fourth-order valence-electron chi connectivity index (χ4n) is 1.28. The molecular weight excluding hydrogens is 192 g/mol. The number of nitrogens with two attached hydrogens (primary N) is 1. The summed E-state index contributed by atoms with van der Waals surface area (Å²) in [7, 11) is 0. The highest BCUT2D eigenvalue weighted by atomic mass is 32.1. The molecule has 0 amide bonds. The number of thiophene rings is 1. The molecule has 0 radical (unpaired) electrons. The van der Waals surface area contributed by atoms with Crippen molar-refractivity contribution < 1.29 is 0 Å². The predicted octanol–water partition coefficient (Wildman–Crippen LogP) is 2.21. The van der Waals surface area contributed by atoms with Gasteiger partial charge in [0, 0.05) is 19.1 Å². The van der Waals surface area contributed by atoms with E-state index in [0.29, 0.717) is 5.92 Å². The molecule has 0 aliphatic rings. The zero-order valence-electron chi connectivity index (χ0n) is 8.99. The van der Waals surface area contributed by atoms with Gasteiger partial charge in [0.15, 0.2) is 0 Å². The van der Waals surface area contributed by atoms with Gasteiger partial charge in [0.05, 0.1) is 0 Å². The van der Waals surface area contributed by atoms with E-state index in [1.54, 1.807) is 11.3 Å². The lowest BCUT2D eigenvalue weighted by Crippen LogP contribution is -2.38. The van der Waals surface area contributed by atoms with Crippen molar-refractivity contribution in [2.24, 2.45) is 11.7 Å². The van der Waals surface area contributed by atoms with Gasteiger partial charge in [-0.1, -0.05) is 20.3 Å².